The molecule has 0 spiro atoms. The van der Waals surface area contributed by atoms with Crippen LogP contribution in [0, 0.1) is 24.0 Å². The van der Waals surface area contributed by atoms with E-state index in [1.54, 1.807) is 38.1 Å². The second kappa shape index (κ2) is 7.28. The number of nitrogens with zero attached hydrogens (tertiary/aromatic N) is 1. The van der Waals surface area contributed by atoms with Gasteiger partial charge in [-0.25, -0.2) is 4.79 Å². The van der Waals surface area contributed by atoms with E-state index in [4.69, 9.17) is 9.15 Å². The summed E-state index contributed by atoms with van der Waals surface area (Å²) in [5, 5.41) is 14.4. The fourth-order valence-electron chi connectivity index (χ4n) is 2.57. The van der Waals surface area contributed by atoms with E-state index >= 15 is 0 Å². The molecule has 0 aliphatic carbocycles. The first-order valence-electron chi connectivity index (χ1n) is 8.06. The highest BCUT2D eigenvalue weighted by Crippen LogP contribution is 2.30. The van der Waals surface area contributed by atoms with Crippen molar-refractivity contribution in [1.29, 1.82) is 0 Å². The first-order chi connectivity index (χ1) is 12.8. The first-order valence-corrected chi connectivity index (χ1v) is 8.06. The zero-order valence-corrected chi connectivity index (χ0v) is 14.6. The van der Waals surface area contributed by atoms with Crippen LogP contribution in [0.25, 0.3) is 11.0 Å². The summed E-state index contributed by atoms with van der Waals surface area (Å²) in [6.45, 7) is 3.14. The fraction of sp³-hybridized carbons (Fsp3) is 0.158. The minimum absolute atomic E-state index is 0.151. The molecular weight excluding hydrogens is 352 g/mol. The molecule has 3 rings (SSSR count). The highest BCUT2D eigenvalue weighted by molar-refractivity contribution is 5.95. The number of hydrogen-bond acceptors (Lipinski definition) is 6. The van der Waals surface area contributed by atoms with E-state index in [-0.39, 0.29) is 18.0 Å². The number of fused-ring (bicyclic) bond motifs is 1. The molecule has 1 heterocycles. The lowest BCUT2D eigenvalue weighted by Gasteiger charge is -2.12. The first kappa shape index (κ1) is 18.1. The number of amides is 1. The third kappa shape index (κ3) is 3.95. The quantitative estimate of drug-likeness (QED) is 0.420. The lowest BCUT2D eigenvalue weighted by atomic mass is 10.1. The molecule has 1 amide bonds. The Balaban J connectivity index is 1.75. The van der Waals surface area contributed by atoms with E-state index in [0.717, 1.165) is 10.9 Å². The van der Waals surface area contributed by atoms with Crippen LogP contribution in [0.2, 0.25) is 0 Å². The summed E-state index contributed by atoms with van der Waals surface area (Å²) in [5.41, 5.74) is 1.26. The van der Waals surface area contributed by atoms with Crippen molar-refractivity contribution < 1.29 is 18.9 Å². The van der Waals surface area contributed by atoms with E-state index in [9.17, 15) is 19.7 Å². The number of nitro groups is 1. The second-order valence-corrected chi connectivity index (χ2v) is 5.95. The van der Waals surface area contributed by atoms with Gasteiger partial charge in [0.25, 0.3) is 11.6 Å². The predicted molar refractivity (Wildman–Crippen MR) is 99.2 cm³/mol. The van der Waals surface area contributed by atoms with Crippen molar-refractivity contribution in [2.45, 2.75) is 13.8 Å². The Morgan fingerprint density at radius 2 is 1.93 bits per heavy atom. The smallest absolute Gasteiger partial charge is 0.336 e. The van der Waals surface area contributed by atoms with Crippen LogP contribution < -0.4 is 15.7 Å². The molecule has 27 heavy (non-hydrogen) atoms. The molecule has 0 radical (unpaired) electrons. The van der Waals surface area contributed by atoms with E-state index in [2.05, 4.69) is 5.32 Å². The number of rotatable bonds is 5. The van der Waals surface area contributed by atoms with Crippen molar-refractivity contribution in [2.75, 3.05) is 11.9 Å². The molecule has 0 atom stereocenters. The van der Waals surface area contributed by atoms with Crippen LogP contribution >= 0.6 is 0 Å². The van der Waals surface area contributed by atoms with E-state index in [1.165, 1.54) is 18.2 Å². The number of carbonyl (C=O) groups is 1. The third-order valence-electron chi connectivity index (χ3n) is 4.14. The van der Waals surface area contributed by atoms with Crippen molar-refractivity contribution in [3.63, 3.8) is 0 Å². The lowest BCUT2D eigenvalue weighted by molar-refractivity contribution is -0.384. The molecular formula is C19H16N2O6. The molecule has 1 aromatic heterocycles. The van der Waals surface area contributed by atoms with Gasteiger partial charge in [0.1, 0.15) is 17.0 Å². The monoisotopic (exact) mass is 368 g/mol. The van der Waals surface area contributed by atoms with Crippen LogP contribution in [0.5, 0.6) is 5.75 Å². The van der Waals surface area contributed by atoms with Gasteiger partial charge in [-0.1, -0.05) is 6.07 Å². The molecule has 0 saturated carbocycles. The molecule has 8 heteroatoms. The molecule has 0 bridgehead atoms. The van der Waals surface area contributed by atoms with Crippen LogP contribution in [-0.4, -0.2) is 17.4 Å². The molecule has 0 fully saturated rings. The average Bonchev–Trinajstić information content (AvgIpc) is 2.63. The Labute approximate surface area is 153 Å². The van der Waals surface area contributed by atoms with Crippen molar-refractivity contribution in [3.8, 4) is 5.75 Å². The van der Waals surface area contributed by atoms with Crippen LogP contribution in [0.4, 0.5) is 11.4 Å². The molecule has 0 saturated heterocycles. The molecule has 0 unspecified atom stereocenters. The topological polar surface area (TPSA) is 112 Å². The molecule has 1 N–H and O–H groups in total. The maximum Gasteiger partial charge on any atom is 0.336 e. The molecule has 8 nitrogen and oxygen atoms in total. The summed E-state index contributed by atoms with van der Waals surface area (Å²) in [7, 11) is 0. The summed E-state index contributed by atoms with van der Waals surface area (Å²) in [6.07, 6.45) is 0. The molecule has 0 aliphatic rings. The van der Waals surface area contributed by atoms with E-state index in [1.807, 2.05) is 0 Å². The maximum absolute atomic E-state index is 12.2. The summed E-state index contributed by atoms with van der Waals surface area (Å²) in [5.74, 6) is -0.205. The van der Waals surface area contributed by atoms with Gasteiger partial charge in [0.2, 0.25) is 0 Å². The molecule has 2 aromatic carbocycles. The van der Waals surface area contributed by atoms with Crippen LogP contribution in [-0.2, 0) is 4.79 Å². The number of benzene rings is 2. The molecule has 0 aliphatic heterocycles. The Morgan fingerprint density at radius 1 is 1.19 bits per heavy atom. The number of carbonyl (C=O) groups excluding carboxylic acids is 1. The van der Waals surface area contributed by atoms with Gasteiger partial charge in [-0.05, 0) is 43.2 Å². The third-order valence-corrected chi connectivity index (χ3v) is 4.14. The summed E-state index contributed by atoms with van der Waals surface area (Å²) < 4.78 is 10.5. The van der Waals surface area contributed by atoms with Crippen LogP contribution in [0.15, 0.2) is 51.7 Å². The number of ether oxygens (including phenoxy) is 1. The fourth-order valence-corrected chi connectivity index (χ4v) is 2.57. The number of hydrogen-bond donors (Lipinski definition) is 1. The van der Waals surface area contributed by atoms with Gasteiger partial charge in [0.05, 0.1) is 4.92 Å². The Bertz CT molecular complexity index is 1100. The average molecular weight is 368 g/mol. The number of nitro benzene ring substituents is 1. The lowest BCUT2D eigenvalue weighted by Crippen LogP contribution is -2.21. The van der Waals surface area contributed by atoms with Gasteiger partial charge in [-0.2, -0.15) is 0 Å². The Morgan fingerprint density at radius 3 is 2.67 bits per heavy atom. The largest absolute Gasteiger partial charge is 0.484 e. The minimum atomic E-state index is -0.547. The number of aryl methyl sites for hydroxylation is 1. The standard InChI is InChI=1S/C19H16N2O6/c1-11-3-7-15(21(24)25)19(12(11)2)20-17(22)10-26-14-6-4-13-5-8-18(23)27-16(13)9-14/h3-9H,10H2,1-2H3,(H,20,22). The zero-order chi connectivity index (χ0) is 19.6. The molecule has 138 valence electrons. The van der Waals surface area contributed by atoms with Gasteiger partial charge < -0.3 is 14.5 Å². The summed E-state index contributed by atoms with van der Waals surface area (Å²) >= 11 is 0. The molecule has 3 aromatic rings. The van der Waals surface area contributed by atoms with Crippen molar-refractivity contribution in [2.24, 2.45) is 0 Å². The highest BCUT2D eigenvalue weighted by atomic mass is 16.6. The van der Waals surface area contributed by atoms with Gasteiger partial charge in [-0.15, -0.1) is 0 Å². The highest BCUT2D eigenvalue weighted by Gasteiger charge is 2.19. The predicted octanol–water partition coefficient (Wildman–Crippen LogP) is 3.34. The van der Waals surface area contributed by atoms with Gasteiger partial charge >= 0.3 is 5.63 Å². The number of nitrogens with one attached hydrogen (secondary N) is 1. The SMILES string of the molecule is Cc1ccc([N+](=O)[O-])c(NC(=O)COc2ccc3ccc(=O)oc3c2)c1C. The van der Waals surface area contributed by atoms with Crippen molar-refractivity contribution in [3.05, 3.63) is 74.1 Å². The second-order valence-electron chi connectivity index (χ2n) is 5.95. The van der Waals surface area contributed by atoms with Gasteiger partial charge in [0.15, 0.2) is 6.61 Å². The van der Waals surface area contributed by atoms with Crippen LogP contribution in [0.1, 0.15) is 11.1 Å². The number of anilines is 1. The Hall–Kier alpha value is -3.68. The van der Waals surface area contributed by atoms with E-state index in [0.29, 0.717) is 16.9 Å². The van der Waals surface area contributed by atoms with Gasteiger partial charge in [0, 0.05) is 23.6 Å². The minimum Gasteiger partial charge on any atom is -0.484 e. The normalized spacial score (nSPS) is 10.6. The maximum atomic E-state index is 12.2. The van der Waals surface area contributed by atoms with E-state index < -0.39 is 16.5 Å². The summed E-state index contributed by atoms with van der Waals surface area (Å²) in [4.78, 5) is 34.1. The zero-order valence-electron chi connectivity index (χ0n) is 14.6. The van der Waals surface area contributed by atoms with Crippen LogP contribution in [0.3, 0.4) is 0 Å². The summed E-state index contributed by atoms with van der Waals surface area (Å²) in [6, 6.07) is 10.7. The van der Waals surface area contributed by atoms with Crippen molar-refractivity contribution >= 4 is 28.3 Å². The Kier molecular flexibility index (Phi) is 4.89. The van der Waals surface area contributed by atoms with Crippen molar-refractivity contribution in [1.82, 2.24) is 0 Å². The van der Waals surface area contributed by atoms with Gasteiger partial charge in [-0.3, -0.25) is 14.9 Å².